The second-order valence-corrected chi connectivity index (χ2v) is 11.8. The fourth-order valence-corrected chi connectivity index (χ4v) is 6.26. The molecule has 2 aliphatic rings. The van der Waals surface area contributed by atoms with Crippen LogP contribution in [0, 0.1) is 5.92 Å². The van der Waals surface area contributed by atoms with E-state index in [0.717, 1.165) is 37.7 Å². The minimum atomic E-state index is -0.105. The van der Waals surface area contributed by atoms with E-state index in [-0.39, 0.29) is 35.7 Å². The zero-order chi connectivity index (χ0) is 24.3. The maximum atomic E-state index is 13.7. The van der Waals surface area contributed by atoms with Crippen LogP contribution in [0.4, 0.5) is 0 Å². The summed E-state index contributed by atoms with van der Waals surface area (Å²) in [5.74, 6) is 0.187. The zero-order valence-corrected chi connectivity index (χ0v) is 21.7. The van der Waals surface area contributed by atoms with Gasteiger partial charge in [-0.15, -0.1) is 17.9 Å². The Bertz CT molecular complexity index is 1010. The molecule has 1 fully saturated rings. The Morgan fingerprint density at radius 1 is 1.12 bits per heavy atom. The van der Waals surface area contributed by atoms with Gasteiger partial charge in [-0.1, -0.05) is 70.4 Å². The molecule has 0 saturated heterocycles. The molecule has 4 rings (SSSR count). The largest absolute Gasteiger partial charge is 0.330 e. The van der Waals surface area contributed by atoms with Gasteiger partial charge in [-0.25, -0.2) is 0 Å². The summed E-state index contributed by atoms with van der Waals surface area (Å²) in [6.45, 7) is 11.7. The first-order chi connectivity index (χ1) is 16.3. The molecule has 0 radical (unpaired) electrons. The third kappa shape index (κ3) is 5.30. The molecular formula is C29H38N2O2S. The molecule has 2 aromatic rings. The van der Waals surface area contributed by atoms with Crippen molar-refractivity contribution in [2.75, 3.05) is 19.6 Å². The van der Waals surface area contributed by atoms with Gasteiger partial charge in [0.2, 0.25) is 11.8 Å². The van der Waals surface area contributed by atoms with Crippen LogP contribution in [0.3, 0.4) is 0 Å². The highest BCUT2D eigenvalue weighted by Gasteiger charge is 2.35. The summed E-state index contributed by atoms with van der Waals surface area (Å²) in [6.07, 6.45) is 7.89. The molecule has 1 unspecified atom stereocenters. The number of fused-ring (bicyclic) bond motifs is 1. The van der Waals surface area contributed by atoms with Gasteiger partial charge in [-0.2, -0.15) is 0 Å². The Balaban J connectivity index is 1.58. The summed E-state index contributed by atoms with van der Waals surface area (Å²) < 4.78 is 0. The van der Waals surface area contributed by atoms with Gasteiger partial charge in [0, 0.05) is 23.9 Å². The lowest BCUT2D eigenvalue weighted by Gasteiger charge is -2.38. The maximum Gasteiger partial charge on any atom is 0.243 e. The molecule has 2 amide bonds. The highest BCUT2D eigenvalue weighted by atomic mass is 32.1. The number of hydrogen-bond acceptors (Lipinski definition) is 3. The Kier molecular flexibility index (Phi) is 7.61. The number of amides is 2. The van der Waals surface area contributed by atoms with Crippen molar-refractivity contribution in [2.45, 2.75) is 70.8 Å². The second-order valence-electron chi connectivity index (χ2n) is 10.8. The van der Waals surface area contributed by atoms with E-state index in [9.17, 15) is 9.59 Å². The number of hydrogen-bond donors (Lipinski definition) is 0. The molecule has 34 heavy (non-hydrogen) atoms. The third-order valence-corrected chi connectivity index (χ3v) is 8.32. The summed E-state index contributed by atoms with van der Waals surface area (Å²) in [5.41, 5.74) is 3.72. The average Bonchev–Trinajstić information content (AvgIpc) is 3.31. The van der Waals surface area contributed by atoms with Crippen LogP contribution in [0.5, 0.6) is 0 Å². The lowest BCUT2D eigenvalue weighted by molar-refractivity contribution is -0.144. The Hall–Kier alpha value is -2.40. The predicted octanol–water partition coefficient (Wildman–Crippen LogP) is 6.11. The molecule has 1 aliphatic carbocycles. The molecular weight excluding hydrogens is 440 g/mol. The van der Waals surface area contributed by atoms with Crippen LogP contribution in [0.1, 0.15) is 80.5 Å². The number of rotatable bonds is 6. The van der Waals surface area contributed by atoms with Crippen LogP contribution in [0.25, 0.3) is 0 Å². The smallest absolute Gasteiger partial charge is 0.243 e. The summed E-state index contributed by atoms with van der Waals surface area (Å²) in [7, 11) is 0. The lowest BCUT2D eigenvalue weighted by Crippen LogP contribution is -2.48. The van der Waals surface area contributed by atoms with Crippen LogP contribution >= 0.6 is 11.3 Å². The van der Waals surface area contributed by atoms with Gasteiger partial charge in [0.15, 0.2) is 0 Å². The summed E-state index contributed by atoms with van der Waals surface area (Å²) in [5, 5.41) is 2.13. The normalized spacial score (nSPS) is 18.9. The number of carbonyl (C=O) groups is 2. The number of benzene rings is 1. The van der Waals surface area contributed by atoms with E-state index in [1.165, 1.54) is 22.4 Å². The molecule has 182 valence electrons. The molecule has 5 heteroatoms. The number of carbonyl (C=O) groups excluding carboxylic acids is 2. The van der Waals surface area contributed by atoms with Gasteiger partial charge in [-0.05, 0) is 52.8 Å². The van der Waals surface area contributed by atoms with E-state index in [4.69, 9.17) is 0 Å². The molecule has 1 atom stereocenters. The summed E-state index contributed by atoms with van der Waals surface area (Å²) in [6, 6.07) is 10.8. The molecule has 1 aromatic heterocycles. The summed E-state index contributed by atoms with van der Waals surface area (Å²) >= 11 is 1.77. The number of thiophene rings is 1. The quantitative estimate of drug-likeness (QED) is 0.470. The maximum absolute atomic E-state index is 13.7. The minimum absolute atomic E-state index is 0.0211. The van der Waals surface area contributed by atoms with E-state index < -0.39 is 0 Å². The van der Waals surface area contributed by atoms with Crippen LogP contribution in [0.15, 0.2) is 48.4 Å². The van der Waals surface area contributed by atoms with Crippen molar-refractivity contribution >= 4 is 23.2 Å². The first-order valence-electron chi connectivity index (χ1n) is 12.7. The highest BCUT2D eigenvalue weighted by Crippen LogP contribution is 2.38. The first-order valence-corrected chi connectivity index (χ1v) is 13.5. The van der Waals surface area contributed by atoms with Gasteiger partial charge >= 0.3 is 0 Å². The van der Waals surface area contributed by atoms with Gasteiger partial charge in [-0.3, -0.25) is 9.59 Å². The van der Waals surface area contributed by atoms with Crippen molar-refractivity contribution in [3.8, 4) is 0 Å². The monoisotopic (exact) mass is 478 g/mol. The Labute approximate surface area is 208 Å². The fraction of sp³-hybridized carbons (Fsp3) is 0.517. The van der Waals surface area contributed by atoms with E-state index in [1.54, 1.807) is 22.3 Å². The van der Waals surface area contributed by atoms with Crippen LogP contribution in [0.2, 0.25) is 0 Å². The van der Waals surface area contributed by atoms with Gasteiger partial charge < -0.3 is 9.80 Å². The van der Waals surface area contributed by atoms with Gasteiger partial charge in [0.05, 0.1) is 6.04 Å². The standard InChI is InChI=1S/C29H38N2O2S/c1-5-17-30(28(33)22-9-7-6-8-10-22)20-26(32)31-18-15-25-24(16-19-34-25)27(31)21-11-13-23(14-12-21)29(2,3)4/h5,11-14,16,19,22,27H,1,6-10,15,17-18,20H2,2-4H3. The average molecular weight is 479 g/mol. The summed E-state index contributed by atoms with van der Waals surface area (Å²) in [4.78, 5) is 32.0. The van der Waals surface area contributed by atoms with E-state index in [1.807, 2.05) is 4.90 Å². The topological polar surface area (TPSA) is 40.6 Å². The fourth-order valence-electron chi connectivity index (χ4n) is 5.36. The molecule has 4 nitrogen and oxygen atoms in total. The number of nitrogens with zero attached hydrogens (tertiary/aromatic N) is 2. The zero-order valence-electron chi connectivity index (χ0n) is 20.9. The molecule has 0 N–H and O–H groups in total. The molecule has 0 bridgehead atoms. The molecule has 0 spiro atoms. The van der Waals surface area contributed by atoms with Crippen LogP contribution in [-0.2, 0) is 21.4 Å². The van der Waals surface area contributed by atoms with Crippen LogP contribution in [-0.4, -0.2) is 41.2 Å². The highest BCUT2D eigenvalue weighted by molar-refractivity contribution is 7.10. The van der Waals surface area contributed by atoms with Gasteiger partial charge in [0.25, 0.3) is 0 Å². The third-order valence-electron chi connectivity index (χ3n) is 7.32. The Morgan fingerprint density at radius 2 is 1.82 bits per heavy atom. The first kappa shape index (κ1) is 24.7. The molecule has 1 saturated carbocycles. The van der Waals surface area contributed by atoms with Crippen molar-refractivity contribution in [3.63, 3.8) is 0 Å². The van der Waals surface area contributed by atoms with Crippen molar-refractivity contribution in [2.24, 2.45) is 5.92 Å². The minimum Gasteiger partial charge on any atom is -0.330 e. The van der Waals surface area contributed by atoms with Crippen molar-refractivity contribution in [3.05, 3.63) is 69.9 Å². The van der Waals surface area contributed by atoms with E-state index in [2.05, 4.69) is 63.1 Å². The second kappa shape index (κ2) is 10.5. The van der Waals surface area contributed by atoms with E-state index in [0.29, 0.717) is 13.1 Å². The lowest BCUT2D eigenvalue weighted by atomic mass is 9.85. The predicted molar refractivity (Wildman–Crippen MR) is 140 cm³/mol. The van der Waals surface area contributed by atoms with Crippen molar-refractivity contribution in [1.29, 1.82) is 0 Å². The van der Waals surface area contributed by atoms with Gasteiger partial charge in [0.1, 0.15) is 6.54 Å². The Morgan fingerprint density at radius 3 is 2.47 bits per heavy atom. The molecule has 2 heterocycles. The van der Waals surface area contributed by atoms with E-state index >= 15 is 0 Å². The van der Waals surface area contributed by atoms with Crippen LogP contribution < -0.4 is 0 Å². The van der Waals surface area contributed by atoms with Crippen molar-refractivity contribution < 1.29 is 9.59 Å². The molecule has 1 aromatic carbocycles. The SMILES string of the molecule is C=CCN(CC(=O)N1CCc2sccc2C1c1ccc(C(C)(C)C)cc1)C(=O)C1CCCCC1. The van der Waals surface area contributed by atoms with Crippen molar-refractivity contribution in [1.82, 2.24) is 9.80 Å². The molecule has 1 aliphatic heterocycles.